The van der Waals surface area contributed by atoms with Gasteiger partial charge in [-0.3, -0.25) is 4.79 Å². The van der Waals surface area contributed by atoms with E-state index < -0.39 is 11.9 Å². The fraction of sp³-hybridized carbons (Fsp3) is 0.100. The number of nitriles is 1. The first-order valence-electron chi connectivity index (χ1n) is 12.0. The van der Waals surface area contributed by atoms with Gasteiger partial charge < -0.3 is 19.6 Å². The van der Waals surface area contributed by atoms with Crippen LogP contribution in [0.15, 0.2) is 108 Å². The van der Waals surface area contributed by atoms with Gasteiger partial charge in [0, 0.05) is 18.9 Å². The zero-order valence-corrected chi connectivity index (χ0v) is 20.3. The second-order valence-electron chi connectivity index (χ2n) is 8.83. The van der Waals surface area contributed by atoms with Crippen molar-refractivity contribution in [2.45, 2.75) is 19.1 Å². The van der Waals surface area contributed by atoms with Crippen LogP contribution >= 0.6 is 0 Å². The summed E-state index contributed by atoms with van der Waals surface area (Å²) in [4.78, 5) is 17.8. The highest BCUT2D eigenvalue weighted by atomic mass is 19.1. The second-order valence-corrected chi connectivity index (χ2v) is 8.83. The molecule has 0 aliphatic heterocycles. The molecule has 0 spiro atoms. The molecule has 5 rings (SSSR count). The van der Waals surface area contributed by atoms with E-state index in [-0.39, 0.29) is 16.9 Å². The molecule has 188 valence electrons. The van der Waals surface area contributed by atoms with Gasteiger partial charge in [0.25, 0.3) is 5.56 Å². The molecule has 1 unspecified atom stereocenters. The van der Waals surface area contributed by atoms with Crippen LogP contribution in [0.3, 0.4) is 0 Å². The van der Waals surface area contributed by atoms with Crippen LogP contribution in [0.2, 0.25) is 0 Å². The van der Waals surface area contributed by atoms with Crippen LogP contribution in [0.25, 0.3) is 0 Å². The smallest absolute Gasteiger partial charge is 0.274 e. The molecular formula is C30H24FN5O2. The minimum Gasteiger partial charge on any atom is -0.508 e. The number of phenols is 1. The highest BCUT2D eigenvalue weighted by molar-refractivity contribution is 5.44. The predicted molar refractivity (Wildman–Crippen MR) is 142 cm³/mol. The van der Waals surface area contributed by atoms with E-state index in [4.69, 9.17) is 5.26 Å². The summed E-state index contributed by atoms with van der Waals surface area (Å²) >= 11 is 0. The van der Waals surface area contributed by atoms with Gasteiger partial charge in [0.15, 0.2) is 0 Å². The first-order valence-corrected chi connectivity index (χ1v) is 12.0. The summed E-state index contributed by atoms with van der Waals surface area (Å²) in [5.74, 6) is -0.435. The topological polar surface area (TPSA) is 95.9 Å². The highest BCUT2D eigenvalue weighted by Crippen LogP contribution is 2.28. The normalized spacial score (nSPS) is 11.6. The second kappa shape index (κ2) is 10.8. The number of imidazole rings is 1. The van der Waals surface area contributed by atoms with Crippen LogP contribution in [0.5, 0.6) is 5.75 Å². The Bertz CT molecular complexity index is 1670. The molecule has 0 amide bonds. The monoisotopic (exact) mass is 505 g/mol. The maximum absolute atomic E-state index is 14.1. The molecule has 2 aromatic heterocycles. The third-order valence-electron chi connectivity index (χ3n) is 6.32. The van der Waals surface area contributed by atoms with Gasteiger partial charge in [-0.25, -0.2) is 9.37 Å². The number of rotatable bonds is 8. The maximum atomic E-state index is 14.1. The summed E-state index contributed by atoms with van der Waals surface area (Å²) in [6.45, 7) is 0.687. The number of pyridine rings is 1. The fourth-order valence-corrected chi connectivity index (χ4v) is 4.46. The molecule has 2 N–H and O–H groups in total. The number of nitrogens with zero attached hydrogens (tertiary/aromatic N) is 4. The summed E-state index contributed by atoms with van der Waals surface area (Å²) < 4.78 is 17.6. The lowest BCUT2D eigenvalue weighted by Gasteiger charge is -2.22. The minimum absolute atomic E-state index is 0.00107. The van der Waals surface area contributed by atoms with Gasteiger partial charge in [-0.1, -0.05) is 48.5 Å². The van der Waals surface area contributed by atoms with Crippen LogP contribution < -0.4 is 10.9 Å². The molecule has 1 atom stereocenters. The quantitative estimate of drug-likeness (QED) is 0.307. The van der Waals surface area contributed by atoms with Crippen molar-refractivity contribution in [2.24, 2.45) is 0 Å². The molecule has 0 saturated heterocycles. The Morgan fingerprint density at radius 1 is 1.00 bits per heavy atom. The SMILES string of the molecule is N#Cc1ccc(Cn2cncc2CNc2cccn(C(c3ccccc3)c3cccc(O)c3)c2=O)cc1F. The van der Waals surface area contributed by atoms with Crippen molar-refractivity contribution < 1.29 is 9.50 Å². The molecule has 7 nitrogen and oxygen atoms in total. The standard InChI is InChI=1S/C30H24FN5O2/c31-27-14-21(11-12-24(27)16-32)19-35-20-33-17-25(35)18-34-28-10-5-13-36(30(28)38)29(22-6-2-1-3-7-22)23-8-4-9-26(37)15-23/h1-15,17,20,29,34,37H,18-19H2. The highest BCUT2D eigenvalue weighted by Gasteiger charge is 2.19. The Morgan fingerprint density at radius 2 is 1.82 bits per heavy atom. The van der Waals surface area contributed by atoms with Crippen molar-refractivity contribution in [1.82, 2.24) is 14.1 Å². The van der Waals surface area contributed by atoms with E-state index >= 15 is 0 Å². The third-order valence-corrected chi connectivity index (χ3v) is 6.32. The Balaban J connectivity index is 1.41. The van der Waals surface area contributed by atoms with Gasteiger partial charge >= 0.3 is 0 Å². The summed E-state index contributed by atoms with van der Waals surface area (Å²) in [5, 5.41) is 22.3. The van der Waals surface area contributed by atoms with E-state index in [0.717, 1.165) is 16.8 Å². The minimum atomic E-state index is -0.561. The van der Waals surface area contributed by atoms with E-state index in [0.29, 0.717) is 24.3 Å². The number of halogens is 1. The van der Waals surface area contributed by atoms with Crippen LogP contribution in [-0.4, -0.2) is 19.2 Å². The molecule has 0 bridgehead atoms. The van der Waals surface area contributed by atoms with E-state index in [1.807, 2.05) is 47.0 Å². The van der Waals surface area contributed by atoms with Gasteiger partial charge in [-0.2, -0.15) is 5.26 Å². The lowest BCUT2D eigenvalue weighted by Crippen LogP contribution is -2.28. The predicted octanol–water partition coefficient (Wildman–Crippen LogP) is 5.06. The van der Waals surface area contributed by atoms with Gasteiger partial charge in [-0.05, 0) is 53.1 Å². The Hall–Kier alpha value is -5.16. The fourth-order valence-electron chi connectivity index (χ4n) is 4.46. The van der Waals surface area contributed by atoms with Gasteiger partial charge in [0.05, 0.1) is 30.2 Å². The van der Waals surface area contributed by atoms with Crippen molar-refractivity contribution in [2.75, 3.05) is 5.32 Å². The summed E-state index contributed by atoms with van der Waals surface area (Å²) in [7, 11) is 0. The van der Waals surface area contributed by atoms with Crippen LogP contribution in [-0.2, 0) is 13.1 Å². The number of aromatic nitrogens is 3. The molecule has 0 aliphatic carbocycles. The van der Waals surface area contributed by atoms with Gasteiger partial charge in [-0.15, -0.1) is 0 Å². The van der Waals surface area contributed by atoms with Crippen molar-refractivity contribution in [3.05, 3.63) is 148 Å². The van der Waals surface area contributed by atoms with Crippen molar-refractivity contribution in [3.8, 4) is 11.8 Å². The molecule has 0 radical (unpaired) electrons. The van der Waals surface area contributed by atoms with Gasteiger partial charge in [0.1, 0.15) is 23.3 Å². The summed E-state index contributed by atoms with van der Waals surface area (Å²) in [5.41, 5.74) is 3.38. The molecule has 0 fully saturated rings. The first-order chi connectivity index (χ1) is 18.5. The average molecular weight is 506 g/mol. The van der Waals surface area contributed by atoms with E-state index in [1.165, 1.54) is 12.1 Å². The molecular weight excluding hydrogens is 481 g/mol. The van der Waals surface area contributed by atoms with E-state index in [2.05, 4.69) is 10.3 Å². The zero-order valence-electron chi connectivity index (χ0n) is 20.3. The number of hydrogen-bond donors (Lipinski definition) is 2. The lowest BCUT2D eigenvalue weighted by molar-refractivity contribution is 0.473. The number of hydrogen-bond acceptors (Lipinski definition) is 5. The van der Waals surface area contributed by atoms with Crippen molar-refractivity contribution in [1.29, 1.82) is 5.26 Å². The molecule has 0 aliphatic rings. The zero-order chi connectivity index (χ0) is 26.5. The van der Waals surface area contributed by atoms with Crippen LogP contribution in [0.1, 0.15) is 34.0 Å². The molecule has 5 aromatic rings. The molecule has 3 aromatic carbocycles. The number of anilines is 1. The van der Waals surface area contributed by atoms with E-state index in [9.17, 15) is 14.3 Å². The first kappa shape index (κ1) is 24.5. The van der Waals surface area contributed by atoms with Crippen LogP contribution in [0.4, 0.5) is 10.1 Å². The lowest BCUT2D eigenvalue weighted by atomic mass is 9.98. The molecule has 0 saturated carbocycles. The molecule has 38 heavy (non-hydrogen) atoms. The molecule has 2 heterocycles. The number of benzene rings is 3. The Labute approximate surface area is 218 Å². The summed E-state index contributed by atoms with van der Waals surface area (Å²) in [6.07, 6.45) is 5.07. The average Bonchev–Trinajstić information content (AvgIpc) is 3.36. The third kappa shape index (κ3) is 5.18. The maximum Gasteiger partial charge on any atom is 0.274 e. The molecule has 8 heteroatoms. The van der Waals surface area contributed by atoms with Crippen molar-refractivity contribution >= 4 is 5.69 Å². The number of nitrogens with one attached hydrogen (secondary N) is 1. The largest absolute Gasteiger partial charge is 0.508 e. The Kier molecular flexibility index (Phi) is 7.00. The van der Waals surface area contributed by atoms with Crippen molar-refractivity contribution in [3.63, 3.8) is 0 Å². The number of aromatic hydroxyl groups is 1. The van der Waals surface area contributed by atoms with Crippen LogP contribution in [0, 0.1) is 17.1 Å². The Morgan fingerprint density at radius 3 is 2.58 bits per heavy atom. The van der Waals surface area contributed by atoms with Gasteiger partial charge in [0.2, 0.25) is 0 Å². The number of phenolic OH excluding ortho intramolecular Hbond substituents is 1. The summed E-state index contributed by atoms with van der Waals surface area (Å²) in [6, 6.07) is 26.0. The van der Waals surface area contributed by atoms with E-state index in [1.54, 1.807) is 59.7 Å².